The number of halogens is 3. The number of sulfonamides is 1. The minimum absolute atomic E-state index is 0.0151. The van der Waals surface area contributed by atoms with E-state index < -0.39 is 32.7 Å². The van der Waals surface area contributed by atoms with Gasteiger partial charge in [0, 0.05) is 45.3 Å². The first kappa shape index (κ1) is 21.8. The lowest BCUT2D eigenvalue weighted by Crippen LogP contribution is -2.47. The van der Waals surface area contributed by atoms with Gasteiger partial charge in [0.1, 0.15) is 5.69 Å². The zero-order valence-corrected chi connectivity index (χ0v) is 16.7. The van der Waals surface area contributed by atoms with Gasteiger partial charge in [-0.3, -0.25) is 10.1 Å². The van der Waals surface area contributed by atoms with Crippen molar-refractivity contribution in [1.29, 1.82) is 0 Å². The highest BCUT2D eigenvalue weighted by molar-refractivity contribution is 7.89. The number of nitrogens with zero attached hydrogens (tertiary/aromatic N) is 4. The topological polar surface area (TPSA) is 87.0 Å². The molecule has 2 saturated heterocycles. The van der Waals surface area contributed by atoms with E-state index in [2.05, 4.69) is 0 Å². The maximum Gasteiger partial charge on any atom is 0.393 e. The predicted molar refractivity (Wildman–Crippen MR) is 100 cm³/mol. The van der Waals surface area contributed by atoms with Crippen LogP contribution in [-0.2, 0) is 10.0 Å². The van der Waals surface area contributed by atoms with Crippen molar-refractivity contribution in [2.24, 2.45) is 5.92 Å². The van der Waals surface area contributed by atoms with Crippen LogP contribution in [0.25, 0.3) is 0 Å². The lowest BCUT2D eigenvalue weighted by molar-refractivity contribution is -0.384. The molecule has 29 heavy (non-hydrogen) atoms. The minimum Gasteiger partial charge on any atom is -0.365 e. The van der Waals surface area contributed by atoms with Crippen molar-refractivity contribution in [3.63, 3.8) is 0 Å². The standard InChI is InChI=1S/C17H23F3N4O4S/c1-21-7-9-23(10-8-21)29(27,28)14-4-5-15(16(11-14)24(25)26)22-6-2-3-13(12-22)17(18,19)20/h4-5,11,13H,2-3,6-10,12H2,1H3. The molecule has 2 aliphatic rings. The fraction of sp³-hybridized carbons (Fsp3) is 0.647. The third-order valence-corrected chi connectivity index (χ3v) is 7.36. The van der Waals surface area contributed by atoms with Crippen LogP contribution in [0.1, 0.15) is 12.8 Å². The molecule has 0 aliphatic carbocycles. The Bertz CT molecular complexity index is 870. The van der Waals surface area contributed by atoms with Crippen LogP contribution in [0, 0.1) is 16.0 Å². The van der Waals surface area contributed by atoms with Crippen molar-refractivity contribution in [3.8, 4) is 0 Å². The minimum atomic E-state index is -4.38. The summed E-state index contributed by atoms with van der Waals surface area (Å²) in [5.41, 5.74) is -0.482. The van der Waals surface area contributed by atoms with Crippen molar-refractivity contribution in [2.75, 3.05) is 51.2 Å². The van der Waals surface area contributed by atoms with Gasteiger partial charge in [0.05, 0.1) is 15.7 Å². The maximum atomic E-state index is 13.1. The summed E-state index contributed by atoms with van der Waals surface area (Å²) in [4.78, 5) is 13.9. The summed E-state index contributed by atoms with van der Waals surface area (Å²) in [5.74, 6) is -1.57. The first-order chi connectivity index (χ1) is 13.5. The van der Waals surface area contributed by atoms with Crippen LogP contribution in [0.3, 0.4) is 0 Å². The van der Waals surface area contributed by atoms with Gasteiger partial charge < -0.3 is 9.80 Å². The summed E-state index contributed by atoms with van der Waals surface area (Å²) < 4.78 is 66.3. The second-order valence-corrected chi connectivity index (χ2v) is 9.38. The fourth-order valence-electron chi connectivity index (χ4n) is 3.72. The average molecular weight is 436 g/mol. The number of likely N-dealkylation sites (N-methyl/N-ethyl adjacent to an activating group) is 1. The molecule has 162 valence electrons. The number of hydrogen-bond acceptors (Lipinski definition) is 6. The van der Waals surface area contributed by atoms with Gasteiger partial charge in [-0.15, -0.1) is 0 Å². The summed E-state index contributed by atoms with van der Waals surface area (Å²) in [6, 6.07) is 3.45. The second-order valence-electron chi connectivity index (χ2n) is 7.44. The van der Waals surface area contributed by atoms with Gasteiger partial charge in [-0.25, -0.2) is 8.42 Å². The van der Waals surface area contributed by atoms with Gasteiger partial charge in [-0.05, 0) is 32.0 Å². The number of rotatable bonds is 4. The van der Waals surface area contributed by atoms with Crippen molar-refractivity contribution in [2.45, 2.75) is 23.9 Å². The highest BCUT2D eigenvalue weighted by atomic mass is 32.2. The Balaban J connectivity index is 1.91. The molecule has 1 atom stereocenters. The quantitative estimate of drug-likeness (QED) is 0.532. The fourth-order valence-corrected chi connectivity index (χ4v) is 5.16. The number of benzene rings is 1. The zero-order valence-electron chi connectivity index (χ0n) is 15.9. The number of piperazine rings is 1. The van der Waals surface area contributed by atoms with E-state index in [1.54, 1.807) is 0 Å². The third kappa shape index (κ3) is 4.64. The molecule has 1 aromatic carbocycles. The predicted octanol–water partition coefficient (Wildman–Crippen LogP) is 2.31. The Morgan fingerprint density at radius 2 is 1.79 bits per heavy atom. The first-order valence-electron chi connectivity index (χ1n) is 9.29. The largest absolute Gasteiger partial charge is 0.393 e. The van der Waals surface area contributed by atoms with Gasteiger partial charge in [0.15, 0.2) is 0 Å². The molecule has 0 radical (unpaired) electrons. The molecule has 2 aliphatic heterocycles. The van der Waals surface area contributed by atoms with Gasteiger partial charge >= 0.3 is 6.18 Å². The molecule has 12 heteroatoms. The Morgan fingerprint density at radius 1 is 1.14 bits per heavy atom. The molecule has 0 bridgehead atoms. The number of alkyl halides is 3. The van der Waals surface area contributed by atoms with Crippen LogP contribution in [0.5, 0.6) is 0 Å². The third-order valence-electron chi connectivity index (χ3n) is 5.47. The average Bonchev–Trinajstić information content (AvgIpc) is 2.67. The molecule has 0 saturated carbocycles. The summed E-state index contributed by atoms with van der Waals surface area (Å²) in [7, 11) is -2.05. The molecule has 2 heterocycles. The molecule has 0 N–H and O–H groups in total. The molecule has 0 amide bonds. The van der Waals surface area contributed by atoms with Gasteiger partial charge in [0.25, 0.3) is 5.69 Å². The van der Waals surface area contributed by atoms with Crippen molar-refractivity contribution in [1.82, 2.24) is 9.21 Å². The van der Waals surface area contributed by atoms with E-state index >= 15 is 0 Å². The number of nitro benzene ring substituents is 1. The highest BCUT2D eigenvalue weighted by Crippen LogP contribution is 2.38. The molecule has 2 fully saturated rings. The van der Waals surface area contributed by atoms with E-state index in [9.17, 15) is 31.7 Å². The number of anilines is 1. The molecular weight excluding hydrogens is 413 g/mol. The van der Waals surface area contributed by atoms with Crippen LogP contribution in [-0.4, -0.2) is 75.0 Å². The Morgan fingerprint density at radius 3 is 2.38 bits per heavy atom. The molecular formula is C17H23F3N4O4S. The summed E-state index contributed by atoms with van der Waals surface area (Å²) in [6.45, 7) is 1.51. The van der Waals surface area contributed by atoms with Crippen LogP contribution >= 0.6 is 0 Å². The Kier molecular flexibility index (Phi) is 6.06. The van der Waals surface area contributed by atoms with Gasteiger partial charge in [-0.2, -0.15) is 17.5 Å². The molecule has 3 rings (SSSR count). The summed E-state index contributed by atoms with van der Waals surface area (Å²) in [5, 5.41) is 11.6. The van der Waals surface area contributed by atoms with Crippen molar-refractivity contribution >= 4 is 21.4 Å². The molecule has 1 aromatic rings. The molecule has 1 unspecified atom stereocenters. The van der Waals surface area contributed by atoms with Gasteiger partial charge in [-0.1, -0.05) is 0 Å². The lowest BCUT2D eigenvalue weighted by atomic mass is 9.97. The first-order valence-corrected chi connectivity index (χ1v) is 10.7. The number of piperidine rings is 1. The molecule has 8 nitrogen and oxygen atoms in total. The lowest BCUT2D eigenvalue weighted by Gasteiger charge is -2.35. The van der Waals surface area contributed by atoms with E-state index in [-0.39, 0.29) is 49.6 Å². The summed E-state index contributed by atoms with van der Waals surface area (Å²) in [6.07, 6.45) is -4.15. The maximum absolute atomic E-state index is 13.1. The monoisotopic (exact) mass is 436 g/mol. The van der Waals surface area contributed by atoms with E-state index in [4.69, 9.17) is 0 Å². The van der Waals surface area contributed by atoms with E-state index in [0.29, 0.717) is 13.1 Å². The van der Waals surface area contributed by atoms with Crippen LogP contribution < -0.4 is 4.90 Å². The van der Waals surface area contributed by atoms with Crippen LogP contribution in [0.15, 0.2) is 23.1 Å². The van der Waals surface area contributed by atoms with E-state index in [1.165, 1.54) is 21.3 Å². The Hall–Kier alpha value is -1.92. The van der Waals surface area contributed by atoms with Crippen LogP contribution in [0.2, 0.25) is 0 Å². The van der Waals surface area contributed by atoms with E-state index in [1.807, 2.05) is 11.9 Å². The number of hydrogen-bond donors (Lipinski definition) is 0. The normalized spacial score (nSPS) is 22.6. The SMILES string of the molecule is CN1CCN(S(=O)(=O)c2ccc(N3CCCC(C(F)(F)F)C3)c([N+](=O)[O-])c2)CC1. The van der Waals surface area contributed by atoms with Crippen LogP contribution in [0.4, 0.5) is 24.5 Å². The molecule has 0 spiro atoms. The smallest absolute Gasteiger partial charge is 0.365 e. The van der Waals surface area contributed by atoms with E-state index in [0.717, 1.165) is 6.07 Å². The zero-order chi connectivity index (χ0) is 21.4. The highest BCUT2D eigenvalue weighted by Gasteiger charge is 2.42. The van der Waals surface area contributed by atoms with Gasteiger partial charge in [0.2, 0.25) is 10.0 Å². The summed E-state index contributed by atoms with van der Waals surface area (Å²) >= 11 is 0. The van der Waals surface area contributed by atoms with Crippen molar-refractivity contribution < 1.29 is 26.5 Å². The number of nitro groups is 1. The van der Waals surface area contributed by atoms with Crippen molar-refractivity contribution in [3.05, 3.63) is 28.3 Å². The Labute approximate surface area is 167 Å². The molecule has 0 aromatic heterocycles. The second kappa shape index (κ2) is 8.07.